The minimum Gasteiger partial charge on any atom is -0.485 e. The molecule has 2 aromatic carbocycles. The molecular weight excluding hydrogens is 524 g/mol. The van der Waals surface area contributed by atoms with Gasteiger partial charge in [0.25, 0.3) is 0 Å². The van der Waals surface area contributed by atoms with Crippen LogP contribution in [-0.2, 0) is 4.74 Å². The molecule has 0 N–H and O–H groups in total. The maximum absolute atomic E-state index is 12.4. The predicted octanol–water partition coefficient (Wildman–Crippen LogP) is 5.34. The Labute approximate surface area is 221 Å². The molecule has 1 aliphatic rings. The number of nitro benzene ring substituents is 2. The first-order valence-corrected chi connectivity index (χ1v) is 11.6. The van der Waals surface area contributed by atoms with Crippen molar-refractivity contribution in [2.45, 2.75) is 26.4 Å². The van der Waals surface area contributed by atoms with Gasteiger partial charge in [-0.25, -0.2) is 4.79 Å². The lowest BCUT2D eigenvalue weighted by atomic mass is 10.2. The molecule has 16 heteroatoms. The van der Waals surface area contributed by atoms with E-state index in [9.17, 15) is 33.8 Å². The quantitative estimate of drug-likeness (QED) is 0.145. The number of nitrogens with zero attached hydrogens (tertiary/aromatic N) is 7. The lowest BCUT2D eigenvalue weighted by Crippen LogP contribution is -2.50. The van der Waals surface area contributed by atoms with Crippen LogP contribution >= 0.6 is 0 Å². The summed E-state index contributed by atoms with van der Waals surface area (Å²) in [5.74, 6) is -2.26. The number of nitro groups is 2. The van der Waals surface area contributed by atoms with Crippen LogP contribution < -0.4 is 4.74 Å². The number of para-hydroxylation sites is 2. The third-order valence-corrected chi connectivity index (χ3v) is 5.12. The summed E-state index contributed by atoms with van der Waals surface area (Å²) in [6.07, 6.45) is -0.325. The van der Waals surface area contributed by atoms with Gasteiger partial charge in [0, 0.05) is 37.6 Å². The number of piperazine rings is 1. The van der Waals surface area contributed by atoms with E-state index in [0.29, 0.717) is 32.7 Å². The minimum atomic E-state index is -1.16. The van der Waals surface area contributed by atoms with Crippen LogP contribution in [0, 0.1) is 31.9 Å². The number of carbonyl (C=O) groups excluding carboxylic acids is 1. The average Bonchev–Trinajstić information content (AvgIpc) is 2.83. The van der Waals surface area contributed by atoms with Gasteiger partial charge in [-0.1, -0.05) is 17.2 Å². The monoisotopic (exact) mass is 551 g/mol. The molecule has 0 unspecified atom stereocenters. The molecule has 0 atom stereocenters. The highest BCUT2D eigenvalue weighted by Gasteiger charge is 2.26. The molecule has 0 spiro atoms. The third-order valence-electron chi connectivity index (χ3n) is 5.12. The van der Waals surface area contributed by atoms with E-state index < -0.39 is 32.8 Å². The standard InChI is InChI=1S/C17H24N6O5.C6H3F2NO2/c1-17(2,3)28-16(24)22-9-7-21(8-10-22)11-12-27-14-6-4-5-13(19-20-18)15(14)23(25)26;7-4-2-1-3-5(8)6(4)9(10)11/h4-6H,7-12H2,1-3H3;1-3H. The lowest BCUT2D eigenvalue weighted by molar-refractivity contribution is -0.390. The van der Waals surface area contributed by atoms with Gasteiger partial charge in [0.15, 0.2) is 5.75 Å². The second-order valence-corrected chi connectivity index (χ2v) is 9.06. The maximum atomic E-state index is 12.4. The fourth-order valence-electron chi connectivity index (χ4n) is 3.37. The van der Waals surface area contributed by atoms with E-state index in [-0.39, 0.29) is 29.8 Å². The summed E-state index contributed by atoms with van der Waals surface area (Å²) in [7, 11) is 0. The van der Waals surface area contributed by atoms with Crippen LogP contribution in [0.15, 0.2) is 41.5 Å². The van der Waals surface area contributed by atoms with Gasteiger partial charge in [0.1, 0.15) is 17.9 Å². The Balaban J connectivity index is 0.000000404. The Morgan fingerprint density at radius 3 is 2.08 bits per heavy atom. The molecular formula is C23H27F2N7O7. The minimum absolute atomic E-state index is 0.0577. The summed E-state index contributed by atoms with van der Waals surface area (Å²) < 4.78 is 35.8. The topological polar surface area (TPSA) is 177 Å². The Morgan fingerprint density at radius 2 is 1.59 bits per heavy atom. The highest BCUT2D eigenvalue weighted by Crippen LogP contribution is 2.36. The van der Waals surface area contributed by atoms with Crippen molar-refractivity contribution >= 4 is 23.2 Å². The summed E-state index contributed by atoms with van der Waals surface area (Å²) in [5.41, 5.74) is 6.47. The first-order chi connectivity index (χ1) is 18.3. The van der Waals surface area contributed by atoms with Crippen molar-refractivity contribution in [1.29, 1.82) is 0 Å². The number of benzene rings is 2. The van der Waals surface area contributed by atoms with Gasteiger partial charge in [-0.2, -0.15) is 8.78 Å². The molecule has 1 heterocycles. The Morgan fingerprint density at radius 1 is 1.03 bits per heavy atom. The molecule has 1 saturated heterocycles. The number of halogens is 2. The van der Waals surface area contributed by atoms with Crippen molar-refractivity contribution in [3.05, 3.63) is 78.7 Å². The summed E-state index contributed by atoms with van der Waals surface area (Å²) in [6.45, 7) is 8.66. The molecule has 0 saturated carbocycles. The SMILES string of the molecule is CC(C)(C)OC(=O)N1CCN(CCOc2cccc(N=[N+]=[N-])c2[N+](=O)[O-])CC1.O=[N+]([O-])c1c(F)cccc1F. The van der Waals surface area contributed by atoms with Crippen molar-refractivity contribution in [2.24, 2.45) is 5.11 Å². The zero-order chi connectivity index (χ0) is 29.2. The molecule has 0 aromatic heterocycles. The Bertz CT molecular complexity index is 1220. The number of rotatable bonds is 7. The van der Waals surface area contributed by atoms with Crippen molar-refractivity contribution in [3.63, 3.8) is 0 Å². The van der Waals surface area contributed by atoms with Crippen molar-refractivity contribution < 1.29 is 32.9 Å². The van der Waals surface area contributed by atoms with Gasteiger partial charge < -0.3 is 14.4 Å². The molecule has 0 aliphatic carbocycles. The van der Waals surface area contributed by atoms with Gasteiger partial charge in [-0.3, -0.25) is 25.1 Å². The fourth-order valence-corrected chi connectivity index (χ4v) is 3.37. The van der Waals surface area contributed by atoms with Gasteiger partial charge in [-0.05, 0) is 50.6 Å². The van der Waals surface area contributed by atoms with Crippen LogP contribution in [-0.4, -0.2) is 70.7 Å². The second kappa shape index (κ2) is 13.8. The zero-order valence-electron chi connectivity index (χ0n) is 21.5. The number of azide groups is 1. The highest BCUT2D eigenvalue weighted by atomic mass is 19.1. The van der Waals surface area contributed by atoms with E-state index in [1.807, 2.05) is 20.8 Å². The average molecular weight is 552 g/mol. The second-order valence-electron chi connectivity index (χ2n) is 9.06. The van der Waals surface area contributed by atoms with Crippen LogP contribution in [0.4, 0.5) is 30.6 Å². The molecule has 2 aromatic rings. The zero-order valence-corrected chi connectivity index (χ0v) is 21.5. The van der Waals surface area contributed by atoms with Gasteiger partial charge in [-0.15, -0.1) is 0 Å². The number of amides is 1. The number of hydrogen-bond donors (Lipinski definition) is 0. The Kier molecular flexibility index (Phi) is 10.9. The summed E-state index contributed by atoms with van der Waals surface area (Å²) in [5, 5.41) is 24.6. The molecule has 1 fully saturated rings. The number of ether oxygens (including phenoxy) is 2. The van der Waals surface area contributed by atoms with Crippen molar-refractivity contribution in [3.8, 4) is 5.75 Å². The summed E-state index contributed by atoms with van der Waals surface area (Å²) in [6, 6.07) is 7.10. The largest absolute Gasteiger partial charge is 0.485 e. The van der Waals surface area contributed by atoms with Crippen LogP contribution in [0.3, 0.4) is 0 Å². The van der Waals surface area contributed by atoms with E-state index >= 15 is 0 Å². The molecule has 1 aliphatic heterocycles. The third kappa shape index (κ3) is 9.36. The predicted molar refractivity (Wildman–Crippen MR) is 135 cm³/mol. The highest BCUT2D eigenvalue weighted by molar-refractivity contribution is 5.68. The fraction of sp³-hybridized carbons (Fsp3) is 0.435. The molecule has 3 rings (SSSR count). The van der Waals surface area contributed by atoms with Crippen LogP contribution in [0.1, 0.15) is 20.8 Å². The lowest BCUT2D eigenvalue weighted by Gasteiger charge is -2.35. The normalized spacial score (nSPS) is 13.4. The van der Waals surface area contributed by atoms with Crippen LogP contribution in [0.2, 0.25) is 0 Å². The molecule has 210 valence electrons. The number of carbonyl (C=O) groups is 1. The maximum Gasteiger partial charge on any atom is 0.410 e. The van der Waals surface area contributed by atoms with Gasteiger partial charge in [0.2, 0.25) is 11.6 Å². The molecule has 14 nitrogen and oxygen atoms in total. The summed E-state index contributed by atoms with van der Waals surface area (Å²) in [4.78, 5) is 37.9. The van der Waals surface area contributed by atoms with Crippen molar-refractivity contribution in [2.75, 3.05) is 39.3 Å². The van der Waals surface area contributed by atoms with E-state index in [1.165, 1.54) is 18.2 Å². The Hall–Kier alpha value is -4.56. The first kappa shape index (κ1) is 30.7. The molecule has 0 bridgehead atoms. The molecule has 39 heavy (non-hydrogen) atoms. The van der Waals surface area contributed by atoms with E-state index in [1.54, 1.807) is 4.90 Å². The smallest absolute Gasteiger partial charge is 0.410 e. The van der Waals surface area contributed by atoms with Crippen LogP contribution in [0.5, 0.6) is 5.75 Å². The molecule has 1 amide bonds. The van der Waals surface area contributed by atoms with E-state index in [2.05, 4.69) is 14.9 Å². The van der Waals surface area contributed by atoms with Crippen molar-refractivity contribution in [1.82, 2.24) is 9.80 Å². The first-order valence-electron chi connectivity index (χ1n) is 11.6. The number of hydrogen-bond acceptors (Lipinski definition) is 9. The van der Waals surface area contributed by atoms with E-state index in [0.717, 1.165) is 18.2 Å². The summed E-state index contributed by atoms with van der Waals surface area (Å²) >= 11 is 0. The van der Waals surface area contributed by atoms with Crippen LogP contribution in [0.25, 0.3) is 10.4 Å². The van der Waals surface area contributed by atoms with E-state index in [4.69, 9.17) is 15.0 Å². The van der Waals surface area contributed by atoms with Gasteiger partial charge in [0.05, 0.1) is 9.85 Å². The van der Waals surface area contributed by atoms with Gasteiger partial charge >= 0.3 is 17.5 Å². The molecule has 0 radical (unpaired) electrons.